The van der Waals surface area contributed by atoms with Gasteiger partial charge in [-0.2, -0.15) is 0 Å². The van der Waals surface area contributed by atoms with Crippen molar-refractivity contribution in [3.63, 3.8) is 0 Å². The lowest BCUT2D eigenvalue weighted by Gasteiger charge is -2.18. The fourth-order valence-corrected chi connectivity index (χ4v) is 3.13. The van der Waals surface area contributed by atoms with E-state index in [4.69, 9.17) is 5.11 Å². The second kappa shape index (κ2) is 7.60. The third-order valence-corrected chi connectivity index (χ3v) is 4.68. The number of carbonyl (C=O) groups is 1. The molecule has 0 fully saturated rings. The second-order valence-corrected chi connectivity index (χ2v) is 7.45. The first-order valence-corrected chi connectivity index (χ1v) is 8.79. The van der Waals surface area contributed by atoms with Crippen molar-refractivity contribution in [3.8, 4) is 0 Å². The molecule has 0 aliphatic rings. The van der Waals surface area contributed by atoms with E-state index in [0.29, 0.717) is 12.2 Å². The van der Waals surface area contributed by atoms with E-state index >= 15 is 0 Å². The molecule has 1 aromatic carbocycles. The molecule has 0 spiro atoms. The van der Waals surface area contributed by atoms with Crippen molar-refractivity contribution in [2.75, 3.05) is 11.9 Å². The zero-order valence-electron chi connectivity index (χ0n) is 13.4. The summed E-state index contributed by atoms with van der Waals surface area (Å²) >= 11 is 0. The van der Waals surface area contributed by atoms with Crippen LogP contribution in [0.25, 0.3) is 0 Å². The fraction of sp³-hybridized carbons (Fsp3) is 0.533. The molecule has 0 aliphatic heterocycles. The number of nitrogens with one attached hydrogen (secondary N) is 2. The molecule has 0 saturated carbocycles. The first-order valence-electron chi connectivity index (χ1n) is 7.31. The number of sulfonamides is 1. The first-order chi connectivity index (χ1) is 10.2. The largest absolute Gasteiger partial charge is 0.478 e. The Morgan fingerprint density at radius 2 is 1.91 bits per heavy atom. The van der Waals surface area contributed by atoms with E-state index in [2.05, 4.69) is 10.0 Å². The molecule has 7 heteroatoms. The molecule has 1 atom stereocenters. The van der Waals surface area contributed by atoms with Crippen molar-refractivity contribution in [2.45, 2.75) is 45.1 Å². The van der Waals surface area contributed by atoms with E-state index in [-0.39, 0.29) is 22.4 Å². The summed E-state index contributed by atoms with van der Waals surface area (Å²) in [5.74, 6) is -1.00. The molecule has 0 amide bonds. The summed E-state index contributed by atoms with van der Waals surface area (Å²) in [7, 11) is -3.77. The molecule has 1 rings (SSSR count). The predicted octanol–water partition coefficient (Wildman–Crippen LogP) is 2.53. The van der Waals surface area contributed by atoms with Gasteiger partial charge in [-0.3, -0.25) is 0 Å². The second-order valence-electron chi connectivity index (χ2n) is 5.72. The minimum absolute atomic E-state index is 0.0339. The van der Waals surface area contributed by atoms with Crippen molar-refractivity contribution in [1.29, 1.82) is 0 Å². The van der Waals surface area contributed by atoms with Gasteiger partial charge >= 0.3 is 5.97 Å². The van der Waals surface area contributed by atoms with Gasteiger partial charge < -0.3 is 10.4 Å². The summed E-state index contributed by atoms with van der Waals surface area (Å²) in [6, 6.07) is 4.17. The van der Waals surface area contributed by atoms with E-state index in [9.17, 15) is 13.2 Å². The average Bonchev–Trinajstić information content (AvgIpc) is 2.45. The highest BCUT2D eigenvalue weighted by atomic mass is 32.2. The highest BCUT2D eigenvalue weighted by Crippen LogP contribution is 2.24. The lowest BCUT2D eigenvalue weighted by atomic mass is 10.2. The van der Waals surface area contributed by atoms with Gasteiger partial charge in [-0.05, 0) is 37.5 Å². The molecule has 0 aromatic heterocycles. The van der Waals surface area contributed by atoms with Gasteiger partial charge in [0, 0.05) is 12.6 Å². The van der Waals surface area contributed by atoms with Crippen LogP contribution in [0.15, 0.2) is 23.1 Å². The van der Waals surface area contributed by atoms with E-state index in [1.165, 1.54) is 18.2 Å². The van der Waals surface area contributed by atoms with Gasteiger partial charge in [0.2, 0.25) is 10.0 Å². The van der Waals surface area contributed by atoms with Crippen molar-refractivity contribution in [3.05, 3.63) is 23.8 Å². The lowest BCUT2D eigenvalue weighted by Crippen LogP contribution is -2.29. The number of hydrogen-bond acceptors (Lipinski definition) is 4. The van der Waals surface area contributed by atoms with Gasteiger partial charge in [0.05, 0.1) is 11.3 Å². The number of hydrogen-bond donors (Lipinski definition) is 3. The van der Waals surface area contributed by atoms with Crippen LogP contribution in [-0.2, 0) is 10.0 Å². The molecule has 0 saturated heterocycles. The minimum atomic E-state index is -3.77. The standard InChI is InChI=1S/C15H24N2O4S/c1-5-11(4)17-13-7-6-12(15(18)19)8-14(13)22(20,21)16-9-10(2)3/h6-8,10-11,16-17H,5,9H2,1-4H3,(H,18,19). The Kier molecular flexibility index (Phi) is 6.37. The maximum Gasteiger partial charge on any atom is 0.335 e. The molecule has 0 radical (unpaired) electrons. The minimum Gasteiger partial charge on any atom is -0.478 e. The number of aromatic carboxylic acids is 1. The van der Waals surface area contributed by atoms with Gasteiger partial charge in [0.15, 0.2) is 0 Å². The molecule has 0 aliphatic carbocycles. The molecule has 1 unspecified atom stereocenters. The molecular weight excluding hydrogens is 304 g/mol. The molecule has 6 nitrogen and oxygen atoms in total. The SMILES string of the molecule is CCC(C)Nc1ccc(C(=O)O)cc1S(=O)(=O)NCC(C)C. The zero-order valence-corrected chi connectivity index (χ0v) is 14.2. The molecule has 0 bridgehead atoms. The number of carboxylic acid groups (broad SMARTS) is 1. The van der Waals surface area contributed by atoms with Gasteiger partial charge in [-0.1, -0.05) is 20.8 Å². The molecular formula is C15H24N2O4S. The Morgan fingerprint density at radius 1 is 1.27 bits per heavy atom. The van der Waals surface area contributed by atoms with Crippen LogP contribution in [-0.4, -0.2) is 32.1 Å². The van der Waals surface area contributed by atoms with Gasteiger partial charge in [-0.15, -0.1) is 0 Å². The molecule has 124 valence electrons. The van der Waals surface area contributed by atoms with Crippen molar-refractivity contribution in [2.24, 2.45) is 5.92 Å². The van der Waals surface area contributed by atoms with Crippen LogP contribution >= 0.6 is 0 Å². The van der Waals surface area contributed by atoms with Crippen LogP contribution in [0.4, 0.5) is 5.69 Å². The number of benzene rings is 1. The number of anilines is 1. The molecule has 22 heavy (non-hydrogen) atoms. The van der Waals surface area contributed by atoms with Gasteiger partial charge in [-0.25, -0.2) is 17.9 Å². The van der Waals surface area contributed by atoms with Crippen molar-refractivity contribution in [1.82, 2.24) is 4.72 Å². The third-order valence-electron chi connectivity index (χ3n) is 3.21. The molecule has 1 aromatic rings. The summed E-state index contributed by atoms with van der Waals surface area (Å²) in [5.41, 5.74) is 0.357. The molecule has 3 N–H and O–H groups in total. The summed E-state index contributed by atoms with van der Waals surface area (Å²) < 4.78 is 27.4. The Labute approximate surface area is 132 Å². The van der Waals surface area contributed by atoms with Crippen molar-refractivity contribution >= 4 is 21.7 Å². The van der Waals surface area contributed by atoms with Crippen LogP contribution in [0.3, 0.4) is 0 Å². The highest BCUT2D eigenvalue weighted by Gasteiger charge is 2.21. The predicted molar refractivity (Wildman–Crippen MR) is 86.8 cm³/mol. The quantitative estimate of drug-likeness (QED) is 0.681. The van der Waals surface area contributed by atoms with Gasteiger partial charge in [0.1, 0.15) is 4.90 Å². The van der Waals surface area contributed by atoms with Crippen LogP contribution in [0.2, 0.25) is 0 Å². The van der Waals surface area contributed by atoms with Crippen LogP contribution in [0.5, 0.6) is 0 Å². The number of rotatable bonds is 8. The highest BCUT2D eigenvalue weighted by molar-refractivity contribution is 7.89. The summed E-state index contributed by atoms with van der Waals surface area (Å²) in [5, 5.41) is 12.2. The Morgan fingerprint density at radius 3 is 2.41 bits per heavy atom. The third kappa shape index (κ3) is 4.99. The average molecular weight is 328 g/mol. The fourth-order valence-electron chi connectivity index (χ4n) is 1.72. The topological polar surface area (TPSA) is 95.5 Å². The zero-order chi connectivity index (χ0) is 16.9. The van der Waals surface area contributed by atoms with Crippen LogP contribution in [0, 0.1) is 5.92 Å². The molecule has 0 heterocycles. The summed E-state index contributed by atoms with van der Waals surface area (Å²) in [4.78, 5) is 11.1. The van der Waals surface area contributed by atoms with Crippen LogP contribution < -0.4 is 10.0 Å². The smallest absolute Gasteiger partial charge is 0.335 e. The van der Waals surface area contributed by atoms with Crippen molar-refractivity contribution < 1.29 is 18.3 Å². The van der Waals surface area contributed by atoms with E-state index in [1.807, 2.05) is 27.7 Å². The van der Waals surface area contributed by atoms with Gasteiger partial charge in [0.25, 0.3) is 0 Å². The Bertz CT molecular complexity index is 626. The first kappa shape index (κ1) is 18.4. The van der Waals surface area contributed by atoms with E-state index in [0.717, 1.165) is 6.42 Å². The van der Waals surface area contributed by atoms with E-state index in [1.54, 1.807) is 0 Å². The summed E-state index contributed by atoms with van der Waals surface area (Å²) in [6.07, 6.45) is 0.819. The van der Waals surface area contributed by atoms with E-state index < -0.39 is 16.0 Å². The monoisotopic (exact) mass is 328 g/mol. The normalized spacial score (nSPS) is 13.1. The number of carboxylic acids is 1. The summed E-state index contributed by atoms with van der Waals surface area (Å²) in [6.45, 7) is 8.00. The maximum atomic E-state index is 12.5. The Hall–Kier alpha value is -1.60. The van der Waals surface area contributed by atoms with Crippen LogP contribution in [0.1, 0.15) is 44.5 Å². The Balaban J connectivity index is 3.26. The lowest BCUT2D eigenvalue weighted by molar-refractivity contribution is 0.0696. The maximum absolute atomic E-state index is 12.5.